The van der Waals surface area contributed by atoms with Gasteiger partial charge in [0.1, 0.15) is 5.82 Å². The molecule has 0 saturated carbocycles. The van der Waals surface area contributed by atoms with E-state index in [4.69, 9.17) is 5.84 Å². The van der Waals surface area contributed by atoms with Crippen molar-refractivity contribution in [3.05, 3.63) is 12.4 Å². The molecule has 1 fully saturated rings. The number of likely N-dealkylation sites (tertiary alicyclic amines) is 1. The van der Waals surface area contributed by atoms with Crippen molar-refractivity contribution in [3.63, 3.8) is 0 Å². The lowest BCUT2D eigenvalue weighted by Crippen LogP contribution is -2.26. The van der Waals surface area contributed by atoms with E-state index in [0.717, 1.165) is 18.9 Å². The Morgan fingerprint density at radius 2 is 2.00 bits per heavy atom. The lowest BCUT2D eigenvalue weighted by Gasteiger charge is -2.14. The van der Waals surface area contributed by atoms with Gasteiger partial charge in [-0.3, -0.25) is 4.98 Å². The van der Waals surface area contributed by atoms with Crippen molar-refractivity contribution in [2.24, 2.45) is 5.84 Å². The zero-order valence-corrected chi connectivity index (χ0v) is 9.32. The molecule has 0 radical (unpaired) electrons. The standard InChI is InChI=1S/C10H18N6/c11-15-10-8-12-7-9(14-10)13-3-6-16-4-1-2-5-16/h7-8H,1-6,11H2,(H2,13,14,15). The summed E-state index contributed by atoms with van der Waals surface area (Å²) in [5.41, 5.74) is 2.47. The highest BCUT2D eigenvalue weighted by atomic mass is 15.3. The quantitative estimate of drug-likeness (QED) is 0.490. The highest BCUT2D eigenvalue weighted by molar-refractivity contribution is 5.40. The number of anilines is 2. The maximum Gasteiger partial charge on any atom is 0.160 e. The zero-order valence-electron chi connectivity index (χ0n) is 9.32. The number of nitrogen functional groups attached to an aromatic ring is 1. The summed E-state index contributed by atoms with van der Waals surface area (Å²) in [5, 5.41) is 3.24. The minimum Gasteiger partial charge on any atom is -0.367 e. The summed E-state index contributed by atoms with van der Waals surface area (Å²) >= 11 is 0. The Balaban J connectivity index is 1.75. The van der Waals surface area contributed by atoms with Crippen molar-refractivity contribution in [1.82, 2.24) is 14.9 Å². The van der Waals surface area contributed by atoms with Gasteiger partial charge in [0, 0.05) is 13.1 Å². The van der Waals surface area contributed by atoms with Crippen LogP contribution in [0.25, 0.3) is 0 Å². The highest BCUT2D eigenvalue weighted by Gasteiger charge is 2.10. The molecule has 0 aromatic carbocycles. The predicted octanol–water partition coefficient (Wildman–Crippen LogP) is 0.270. The second-order valence-electron chi connectivity index (χ2n) is 3.91. The first-order valence-corrected chi connectivity index (χ1v) is 5.63. The molecule has 1 saturated heterocycles. The topological polar surface area (TPSA) is 79.1 Å². The van der Waals surface area contributed by atoms with Crippen LogP contribution in [0.3, 0.4) is 0 Å². The van der Waals surface area contributed by atoms with Gasteiger partial charge in [0.15, 0.2) is 5.82 Å². The fourth-order valence-electron chi connectivity index (χ4n) is 1.87. The van der Waals surface area contributed by atoms with Gasteiger partial charge in [-0.25, -0.2) is 10.8 Å². The molecule has 0 spiro atoms. The van der Waals surface area contributed by atoms with Crippen LogP contribution in [0, 0.1) is 0 Å². The number of aromatic nitrogens is 2. The number of rotatable bonds is 5. The van der Waals surface area contributed by atoms with E-state index in [1.165, 1.54) is 25.9 Å². The first-order valence-electron chi connectivity index (χ1n) is 5.63. The van der Waals surface area contributed by atoms with Gasteiger partial charge in [-0.1, -0.05) is 0 Å². The Morgan fingerprint density at radius 1 is 1.25 bits per heavy atom. The van der Waals surface area contributed by atoms with Gasteiger partial charge in [0.05, 0.1) is 12.4 Å². The third kappa shape index (κ3) is 3.04. The summed E-state index contributed by atoms with van der Waals surface area (Å²) < 4.78 is 0. The molecule has 2 heterocycles. The highest BCUT2D eigenvalue weighted by Crippen LogP contribution is 2.07. The molecule has 88 valence electrons. The SMILES string of the molecule is NNc1cncc(NCCN2CCCC2)n1. The van der Waals surface area contributed by atoms with Crippen molar-refractivity contribution in [3.8, 4) is 0 Å². The molecular weight excluding hydrogens is 204 g/mol. The maximum atomic E-state index is 5.26. The molecule has 1 aliphatic heterocycles. The molecule has 0 unspecified atom stereocenters. The molecule has 1 aromatic heterocycles. The Kier molecular flexibility index (Phi) is 3.90. The van der Waals surface area contributed by atoms with E-state index in [-0.39, 0.29) is 0 Å². The number of nitrogens with zero attached hydrogens (tertiary/aromatic N) is 3. The zero-order chi connectivity index (χ0) is 11.2. The lowest BCUT2D eigenvalue weighted by molar-refractivity contribution is 0.352. The predicted molar refractivity (Wildman–Crippen MR) is 64.0 cm³/mol. The minimum atomic E-state index is 0.575. The third-order valence-corrected chi connectivity index (χ3v) is 2.72. The summed E-state index contributed by atoms with van der Waals surface area (Å²) in [6.45, 7) is 4.39. The van der Waals surface area contributed by atoms with Gasteiger partial charge in [0.2, 0.25) is 0 Å². The number of nitrogens with one attached hydrogen (secondary N) is 2. The van der Waals surface area contributed by atoms with Crippen LogP contribution >= 0.6 is 0 Å². The fraction of sp³-hybridized carbons (Fsp3) is 0.600. The number of hydrogen-bond acceptors (Lipinski definition) is 6. The van der Waals surface area contributed by atoms with Crippen molar-refractivity contribution < 1.29 is 0 Å². The Morgan fingerprint density at radius 3 is 2.75 bits per heavy atom. The van der Waals surface area contributed by atoms with Gasteiger partial charge < -0.3 is 15.6 Å². The van der Waals surface area contributed by atoms with E-state index in [0.29, 0.717) is 5.82 Å². The molecule has 1 aromatic rings. The normalized spacial score (nSPS) is 16.3. The van der Waals surface area contributed by atoms with Gasteiger partial charge in [-0.05, 0) is 25.9 Å². The Labute approximate surface area is 95.2 Å². The molecule has 4 N–H and O–H groups in total. The van der Waals surface area contributed by atoms with Crippen LogP contribution in [0.15, 0.2) is 12.4 Å². The number of hydrazine groups is 1. The monoisotopic (exact) mass is 222 g/mol. The largest absolute Gasteiger partial charge is 0.367 e. The van der Waals surface area contributed by atoms with E-state index < -0.39 is 0 Å². The molecule has 6 heteroatoms. The van der Waals surface area contributed by atoms with Gasteiger partial charge >= 0.3 is 0 Å². The summed E-state index contributed by atoms with van der Waals surface area (Å²) in [6, 6.07) is 0. The smallest absolute Gasteiger partial charge is 0.160 e. The minimum absolute atomic E-state index is 0.575. The van der Waals surface area contributed by atoms with E-state index in [1.54, 1.807) is 12.4 Å². The van der Waals surface area contributed by atoms with Crippen molar-refractivity contribution in [2.75, 3.05) is 36.9 Å². The van der Waals surface area contributed by atoms with Crippen molar-refractivity contribution >= 4 is 11.6 Å². The van der Waals surface area contributed by atoms with Crippen LogP contribution in [0.2, 0.25) is 0 Å². The van der Waals surface area contributed by atoms with Gasteiger partial charge in [-0.2, -0.15) is 0 Å². The van der Waals surface area contributed by atoms with Crippen LogP contribution in [-0.4, -0.2) is 41.0 Å². The molecule has 6 nitrogen and oxygen atoms in total. The molecule has 0 bridgehead atoms. The van der Waals surface area contributed by atoms with Crippen LogP contribution in [-0.2, 0) is 0 Å². The average Bonchev–Trinajstić information content (AvgIpc) is 2.82. The third-order valence-electron chi connectivity index (χ3n) is 2.72. The van der Waals surface area contributed by atoms with Crippen molar-refractivity contribution in [2.45, 2.75) is 12.8 Å². The van der Waals surface area contributed by atoms with Crippen LogP contribution < -0.4 is 16.6 Å². The van der Waals surface area contributed by atoms with Crippen LogP contribution in [0.1, 0.15) is 12.8 Å². The summed E-state index contributed by atoms with van der Waals surface area (Å²) in [6.07, 6.45) is 5.94. The number of hydrogen-bond donors (Lipinski definition) is 3. The average molecular weight is 222 g/mol. The van der Waals surface area contributed by atoms with Crippen molar-refractivity contribution in [1.29, 1.82) is 0 Å². The fourth-order valence-corrected chi connectivity index (χ4v) is 1.87. The first kappa shape index (κ1) is 11.1. The Bertz CT molecular complexity index is 323. The molecular formula is C10H18N6. The summed E-state index contributed by atoms with van der Waals surface area (Å²) in [4.78, 5) is 10.7. The molecule has 2 rings (SSSR count). The van der Waals surface area contributed by atoms with Crippen LogP contribution in [0.4, 0.5) is 11.6 Å². The first-order chi connectivity index (χ1) is 7.88. The Hall–Kier alpha value is -1.40. The van der Waals surface area contributed by atoms with E-state index in [2.05, 4.69) is 25.6 Å². The molecule has 0 amide bonds. The summed E-state index contributed by atoms with van der Waals surface area (Å²) in [7, 11) is 0. The molecule has 1 aliphatic rings. The van der Waals surface area contributed by atoms with E-state index in [9.17, 15) is 0 Å². The van der Waals surface area contributed by atoms with Gasteiger partial charge in [0.25, 0.3) is 0 Å². The second-order valence-corrected chi connectivity index (χ2v) is 3.91. The van der Waals surface area contributed by atoms with Gasteiger partial charge in [-0.15, -0.1) is 0 Å². The summed E-state index contributed by atoms with van der Waals surface area (Å²) in [5.74, 6) is 6.59. The molecule has 0 aliphatic carbocycles. The van der Waals surface area contributed by atoms with E-state index in [1.807, 2.05) is 0 Å². The van der Waals surface area contributed by atoms with E-state index >= 15 is 0 Å². The molecule has 16 heavy (non-hydrogen) atoms. The molecule has 0 atom stereocenters. The number of nitrogens with two attached hydrogens (primary N) is 1. The maximum absolute atomic E-state index is 5.26. The van der Waals surface area contributed by atoms with Crippen LogP contribution in [0.5, 0.6) is 0 Å². The second kappa shape index (κ2) is 5.62. The lowest BCUT2D eigenvalue weighted by atomic mass is 10.4.